The minimum atomic E-state index is -4.67. The standard InChI is InChI=1S/C26H33F3N4O4/c1-3-33-20(16-31-12-14-32(15-13-31)23(34)17-8-7-9-17)21(24(35)37-4-2)22(30-25(33)36)18-10-5-6-11-19(18)26(27,28)29/h5-6,10-11,17,22H,3-4,7-9,12-16H2,1-2H3,(H,30,36). The molecule has 2 fully saturated rings. The van der Waals surface area contributed by atoms with E-state index in [-0.39, 0.29) is 42.7 Å². The Balaban J connectivity index is 1.67. The van der Waals surface area contributed by atoms with E-state index in [2.05, 4.69) is 5.32 Å². The Morgan fingerprint density at radius 1 is 1.08 bits per heavy atom. The van der Waals surface area contributed by atoms with Crippen LogP contribution in [0.5, 0.6) is 0 Å². The van der Waals surface area contributed by atoms with Crippen LogP contribution in [-0.2, 0) is 20.5 Å². The molecule has 1 aromatic carbocycles. The monoisotopic (exact) mass is 522 g/mol. The number of likely N-dealkylation sites (N-methyl/N-ethyl adjacent to an activating group) is 1. The minimum absolute atomic E-state index is 0.00651. The van der Waals surface area contributed by atoms with Gasteiger partial charge >= 0.3 is 18.2 Å². The van der Waals surface area contributed by atoms with Gasteiger partial charge in [-0.25, -0.2) is 9.59 Å². The second kappa shape index (κ2) is 11.1. The highest BCUT2D eigenvalue weighted by molar-refractivity contribution is 5.95. The smallest absolute Gasteiger partial charge is 0.416 e. The van der Waals surface area contributed by atoms with Crippen molar-refractivity contribution in [3.8, 4) is 0 Å². The van der Waals surface area contributed by atoms with Gasteiger partial charge in [0.25, 0.3) is 0 Å². The van der Waals surface area contributed by atoms with Gasteiger partial charge in [-0.15, -0.1) is 0 Å². The number of urea groups is 1. The van der Waals surface area contributed by atoms with Crippen LogP contribution in [0.15, 0.2) is 35.5 Å². The highest BCUT2D eigenvalue weighted by Gasteiger charge is 2.43. The highest BCUT2D eigenvalue weighted by Crippen LogP contribution is 2.39. The second-order valence-electron chi connectivity index (χ2n) is 9.52. The number of esters is 1. The number of nitrogens with one attached hydrogen (secondary N) is 1. The number of hydrogen-bond acceptors (Lipinski definition) is 5. The first-order valence-electron chi connectivity index (χ1n) is 12.8. The van der Waals surface area contributed by atoms with E-state index >= 15 is 0 Å². The van der Waals surface area contributed by atoms with Gasteiger partial charge in [0.2, 0.25) is 5.91 Å². The van der Waals surface area contributed by atoms with E-state index < -0.39 is 29.8 Å². The minimum Gasteiger partial charge on any atom is -0.463 e. The zero-order valence-corrected chi connectivity index (χ0v) is 21.1. The van der Waals surface area contributed by atoms with E-state index in [1.807, 2.05) is 9.80 Å². The zero-order chi connectivity index (χ0) is 26.7. The Labute approximate surface area is 214 Å². The average Bonchev–Trinajstić information content (AvgIpc) is 2.83. The van der Waals surface area contributed by atoms with E-state index in [0.29, 0.717) is 31.9 Å². The fraction of sp³-hybridized carbons (Fsp3) is 0.577. The van der Waals surface area contributed by atoms with Gasteiger partial charge in [-0.1, -0.05) is 24.6 Å². The molecule has 1 saturated carbocycles. The van der Waals surface area contributed by atoms with Gasteiger partial charge in [0.05, 0.1) is 23.8 Å². The molecule has 0 radical (unpaired) electrons. The van der Waals surface area contributed by atoms with Gasteiger partial charge in [0.1, 0.15) is 0 Å². The summed E-state index contributed by atoms with van der Waals surface area (Å²) in [5, 5.41) is 2.61. The van der Waals surface area contributed by atoms with Crippen LogP contribution in [0, 0.1) is 5.92 Å². The number of nitrogens with zero attached hydrogens (tertiary/aromatic N) is 3. The topological polar surface area (TPSA) is 82.2 Å². The maximum Gasteiger partial charge on any atom is 0.416 e. The number of ether oxygens (including phenoxy) is 1. The Morgan fingerprint density at radius 3 is 2.32 bits per heavy atom. The molecule has 1 atom stereocenters. The lowest BCUT2D eigenvalue weighted by atomic mass is 9.84. The molecule has 1 aliphatic carbocycles. The molecule has 0 bridgehead atoms. The fourth-order valence-corrected chi connectivity index (χ4v) is 5.15. The van der Waals surface area contributed by atoms with Crippen molar-refractivity contribution in [2.75, 3.05) is 45.9 Å². The first-order chi connectivity index (χ1) is 17.7. The lowest BCUT2D eigenvalue weighted by molar-refractivity contribution is -0.141. The molecule has 1 N–H and O–H groups in total. The lowest BCUT2D eigenvalue weighted by Gasteiger charge is -2.41. The molecule has 0 spiro atoms. The van der Waals surface area contributed by atoms with Crippen LogP contribution in [0.1, 0.15) is 50.3 Å². The van der Waals surface area contributed by atoms with Gasteiger partial charge in [-0.3, -0.25) is 14.6 Å². The lowest BCUT2D eigenvalue weighted by Crippen LogP contribution is -2.54. The molecular weight excluding hydrogens is 489 g/mol. The van der Waals surface area contributed by atoms with Gasteiger partial charge in [0, 0.05) is 50.9 Å². The van der Waals surface area contributed by atoms with Crippen LogP contribution in [0.2, 0.25) is 0 Å². The number of piperazine rings is 1. The van der Waals surface area contributed by atoms with Gasteiger partial charge in [0.15, 0.2) is 0 Å². The number of halogens is 3. The van der Waals surface area contributed by atoms with Crippen LogP contribution in [0.4, 0.5) is 18.0 Å². The summed E-state index contributed by atoms with van der Waals surface area (Å²) >= 11 is 0. The summed E-state index contributed by atoms with van der Waals surface area (Å²) in [6.07, 6.45) is -1.74. The molecule has 1 unspecified atom stereocenters. The third kappa shape index (κ3) is 5.61. The largest absolute Gasteiger partial charge is 0.463 e. The Bertz CT molecular complexity index is 1060. The van der Waals surface area contributed by atoms with Crippen molar-refractivity contribution in [3.05, 3.63) is 46.7 Å². The van der Waals surface area contributed by atoms with Crippen molar-refractivity contribution in [3.63, 3.8) is 0 Å². The average molecular weight is 523 g/mol. The molecule has 3 aliphatic rings. The number of hydrogen-bond donors (Lipinski definition) is 1. The van der Waals surface area contributed by atoms with Crippen molar-refractivity contribution in [2.24, 2.45) is 5.92 Å². The van der Waals surface area contributed by atoms with E-state index in [0.717, 1.165) is 25.3 Å². The van der Waals surface area contributed by atoms with E-state index in [9.17, 15) is 27.6 Å². The molecule has 1 saturated heterocycles. The molecule has 0 aromatic heterocycles. The third-order valence-corrected chi connectivity index (χ3v) is 7.34. The number of amides is 3. The number of rotatable bonds is 7. The highest BCUT2D eigenvalue weighted by atomic mass is 19.4. The first kappa shape index (κ1) is 27.0. The number of carbonyl (C=O) groups is 3. The Hall–Kier alpha value is -3.08. The predicted octanol–water partition coefficient (Wildman–Crippen LogP) is 3.55. The summed E-state index contributed by atoms with van der Waals surface area (Å²) in [5.74, 6) is -0.484. The van der Waals surface area contributed by atoms with Crippen molar-refractivity contribution in [1.29, 1.82) is 0 Å². The summed E-state index contributed by atoms with van der Waals surface area (Å²) in [6, 6.07) is 3.04. The quantitative estimate of drug-likeness (QED) is 0.554. The fourth-order valence-electron chi connectivity index (χ4n) is 5.15. The predicted molar refractivity (Wildman–Crippen MR) is 129 cm³/mol. The molecule has 2 aliphatic heterocycles. The van der Waals surface area contributed by atoms with Gasteiger partial charge < -0.3 is 15.0 Å². The van der Waals surface area contributed by atoms with Crippen LogP contribution in [0.25, 0.3) is 0 Å². The maximum absolute atomic E-state index is 13.9. The summed E-state index contributed by atoms with van der Waals surface area (Å²) in [6.45, 7) is 5.89. The van der Waals surface area contributed by atoms with Crippen molar-refractivity contribution in [1.82, 2.24) is 20.0 Å². The zero-order valence-electron chi connectivity index (χ0n) is 21.1. The molecule has 8 nitrogen and oxygen atoms in total. The van der Waals surface area contributed by atoms with E-state index in [1.165, 1.54) is 23.1 Å². The summed E-state index contributed by atoms with van der Waals surface area (Å²) < 4.78 is 46.9. The van der Waals surface area contributed by atoms with Crippen LogP contribution < -0.4 is 5.32 Å². The number of alkyl halides is 3. The molecule has 1 aromatic rings. The molecule has 3 amide bonds. The van der Waals surface area contributed by atoms with Gasteiger partial charge in [-0.2, -0.15) is 13.2 Å². The summed E-state index contributed by atoms with van der Waals surface area (Å²) in [7, 11) is 0. The Morgan fingerprint density at radius 2 is 1.76 bits per heavy atom. The van der Waals surface area contributed by atoms with Crippen LogP contribution in [0.3, 0.4) is 0 Å². The molecule has 11 heteroatoms. The third-order valence-electron chi connectivity index (χ3n) is 7.34. The first-order valence-corrected chi connectivity index (χ1v) is 12.8. The maximum atomic E-state index is 13.9. The molecule has 37 heavy (non-hydrogen) atoms. The second-order valence-corrected chi connectivity index (χ2v) is 9.52. The molecular formula is C26H33F3N4O4. The van der Waals surface area contributed by atoms with E-state index in [4.69, 9.17) is 4.74 Å². The molecule has 4 rings (SSSR count). The van der Waals surface area contributed by atoms with E-state index in [1.54, 1.807) is 13.8 Å². The van der Waals surface area contributed by atoms with Crippen molar-refractivity contribution < 1.29 is 32.3 Å². The molecule has 2 heterocycles. The molecule has 202 valence electrons. The normalized spacial score (nSPS) is 21.5. The summed E-state index contributed by atoms with van der Waals surface area (Å²) in [5.41, 5.74) is -0.816. The Kier molecular flexibility index (Phi) is 8.11. The van der Waals surface area contributed by atoms with Crippen molar-refractivity contribution >= 4 is 17.9 Å². The number of benzene rings is 1. The summed E-state index contributed by atoms with van der Waals surface area (Å²) in [4.78, 5) is 44.2. The van der Waals surface area contributed by atoms with Crippen LogP contribution in [-0.4, -0.2) is 78.5 Å². The SMILES string of the molecule is CCOC(=O)C1=C(CN2CCN(C(=O)C3CCC3)CC2)N(CC)C(=O)NC1c1ccccc1C(F)(F)F. The van der Waals surface area contributed by atoms with Crippen LogP contribution >= 0.6 is 0 Å². The number of carbonyl (C=O) groups excluding carboxylic acids is 3. The van der Waals surface area contributed by atoms with Crippen molar-refractivity contribution in [2.45, 2.75) is 45.3 Å². The van der Waals surface area contributed by atoms with Gasteiger partial charge in [-0.05, 0) is 38.3 Å².